The first-order chi connectivity index (χ1) is 56.4. The maximum atomic E-state index is 16.4. The molecule has 0 unspecified atom stereocenters. The van der Waals surface area contributed by atoms with E-state index in [-0.39, 0.29) is 98.0 Å². The summed E-state index contributed by atoms with van der Waals surface area (Å²) in [6.07, 6.45) is -10.6. The highest BCUT2D eigenvalue weighted by Gasteiger charge is 2.51. The lowest BCUT2D eigenvalue weighted by Crippen LogP contribution is -2.60. The van der Waals surface area contributed by atoms with Crippen LogP contribution in [0.4, 0.5) is 10.5 Å². The summed E-state index contributed by atoms with van der Waals surface area (Å²) in [7, 11) is 3.06. The maximum Gasteiger partial charge on any atom is 0.325 e. The topological polar surface area (TPSA) is 523 Å². The number of phenolic OH excluding ortho intramolecular Hbond substituents is 3. The average molecular weight is 1660 g/mol. The second-order valence-electron chi connectivity index (χ2n) is 31.3. The molecule has 6 heterocycles. The van der Waals surface area contributed by atoms with Crippen LogP contribution >= 0.6 is 11.6 Å². The van der Waals surface area contributed by atoms with Crippen molar-refractivity contribution in [2.45, 2.75) is 157 Å². The molecule has 6 aromatic carbocycles. The number of urea groups is 1. The molecule has 6 aliphatic heterocycles. The molecule has 5 fully saturated rings. The van der Waals surface area contributed by atoms with Crippen molar-refractivity contribution in [1.29, 1.82) is 0 Å². The van der Waals surface area contributed by atoms with E-state index in [4.69, 9.17) is 40.0 Å². The van der Waals surface area contributed by atoms with Gasteiger partial charge in [0.2, 0.25) is 59.3 Å². The molecule has 6 aromatic rings. The summed E-state index contributed by atoms with van der Waals surface area (Å²) in [5, 5.41) is 134. The average Bonchev–Trinajstić information content (AvgIpc) is 0.770. The number of anilines is 1. The third kappa shape index (κ3) is 18.8. The van der Waals surface area contributed by atoms with Crippen molar-refractivity contribution in [2.75, 3.05) is 52.4 Å². The number of amides is 10. The number of imide groups is 1. The molecule has 0 spiro atoms. The molecule has 35 nitrogen and oxygen atoms in total. The van der Waals surface area contributed by atoms with Crippen molar-refractivity contribution in [3.05, 3.63) is 142 Å². The van der Waals surface area contributed by atoms with Gasteiger partial charge in [0, 0.05) is 49.1 Å². The Kier molecular flexibility index (Phi) is 26.3. The highest BCUT2D eigenvalue weighted by atomic mass is 35.5. The van der Waals surface area contributed by atoms with Gasteiger partial charge in [-0.15, -0.1) is 0 Å². The number of ether oxygens (including phenoxy) is 6. The number of likely N-dealkylation sites (N-methyl/N-ethyl adjacent to an activating group) is 1. The molecule has 1 saturated heterocycles. The van der Waals surface area contributed by atoms with Gasteiger partial charge in [-0.1, -0.05) is 43.6 Å². The number of benzene rings is 6. The molecule has 0 radical (unpaired) electrons. The van der Waals surface area contributed by atoms with Crippen LogP contribution in [0.25, 0.3) is 11.1 Å². The molecule has 10 amide bonds. The fourth-order valence-electron chi connectivity index (χ4n) is 16.8. The van der Waals surface area contributed by atoms with E-state index in [0.717, 1.165) is 80.6 Å². The van der Waals surface area contributed by atoms with Gasteiger partial charge in [0.05, 0.1) is 30.7 Å². The predicted molar refractivity (Wildman–Crippen MR) is 419 cm³/mol. The van der Waals surface area contributed by atoms with Crippen LogP contribution in [-0.2, 0) is 47.8 Å². The number of hydrogen-bond acceptors (Lipinski definition) is 26. The molecule has 10 aliphatic rings. The van der Waals surface area contributed by atoms with Gasteiger partial charge in [0.15, 0.2) is 11.5 Å². The molecule has 15 bridgehead atoms. The minimum absolute atomic E-state index is 0.0567. The van der Waals surface area contributed by atoms with E-state index in [2.05, 4.69) is 58.5 Å². The van der Waals surface area contributed by atoms with Gasteiger partial charge in [-0.3, -0.25) is 43.7 Å². The Morgan fingerprint density at radius 3 is 1.94 bits per heavy atom. The van der Waals surface area contributed by atoms with Crippen molar-refractivity contribution < 1.29 is 118 Å². The molecule has 36 heteroatoms. The minimum atomic E-state index is -2.37. The smallest absolute Gasteiger partial charge is 0.325 e. The van der Waals surface area contributed by atoms with Crippen molar-refractivity contribution in [1.82, 2.24) is 53.2 Å². The first kappa shape index (κ1) is 84.9. The number of aromatic hydroxyl groups is 3. The predicted octanol–water partition coefficient (Wildman–Crippen LogP) is 2.86. The molecule has 630 valence electrons. The van der Waals surface area contributed by atoms with Gasteiger partial charge in [-0.05, 0) is 194 Å². The van der Waals surface area contributed by atoms with Crippen LogP contribution in [0.5, 0.6) is 51.7 Å². The maximum absolute atomic E-state index is 16.4. The summed E-state index contributed by atoms with van der Waals surface area (Å²) in [5.74, 6) is -12.6. The summed E-state index contributed by atoms with van der Waals surface area (Å²) >= 11 is 7.18. The van der Waals surface area contributed by atoms with E-state index in [1.165, 1.54) is 56.4 Å². The lowest BCUT2D eigenvalue weighted by Gasteiger charge is -2.54. The Morgan fingerprint density at radius 2 is 1.28 bits per heavy atom. The number of fused-ring (bicyclic) bond motifs is 15. The number of carbonyl (C=O) groups is 9. The van der Waals surface area contributed by atoms with E-state index < -0.39 is 192 Å². The standard InChI is InChI=1S/C82H96ClN11O24/c1-35(2)20-51(84-4)74(105)93-66-68(100)40-7-14-55(36(3)21-40)115-57-29-44-30-58(73(57)118-81-72(104)71(103)70(102)59(34-95)117-81)116-56-15-8-41(28-50(56)83)69(101)67-80(111)92-65(78(109)89-62-42-23-37-22-38(25-42)26-43(62)24-37)49-31-46(96)32-54(98)61(49)48-27-39(6-13-53(48)97)63(76(107)94-67)91-77(108)64(44)90-75(106)52(87-79(66)110)33-60(99)88-82(112)86-45-9-11-47(12-10-45)114-19-17-85-16-18-113-5/h6-15,21,27-32,35,37-38,42-43,51-52,59,62-72,81,84-85,95-98,100-104H,16-20,22-26,33-34H2,1-5H3,(H,87,110)(H,89,109)(H,90,106)(H,91,108)(H,92,111)(H,93,105)(H,94,107)(H2,86,88,99,112)/t37?,38?,42?,43?,51-,52+,59-,62?,63-,64-,65+,66-,67+,68-,69-,70-,71+,72-,81+/m1/s1. The van der Waals surface area contributed by atoms with Crippen LogP contribution in [0.15, 0.2) is 103 Å². The quantitative estimate of drug-likeness (QED) is 0.0489. The molecule has 0 aromatic heterocycles. The van der Waals surface area contributed by atoms with E-state index >= 15 is 28.8 Å². The van der Waals surface area contributed by atoms with Gasteiger partial charge in [0.25, 0.3) is 0 Å². The van der Waals surface area contributed by atoms with E-state index in [0.29, 0.717) is 37.3 Å². The fourth-order valence-corrected chi connectivity index (χ4v) is 17.1. The van der Waals surface area contributed by atoms with Crippen LogP contribution in [0.3, 0.4) is 0 Å². The molecule has 20 N–H and O–H groups in total. The number of rotatable bonds is 20. The molecular weight excluding hydrogens is 1560 g/mol. The Morgan fingerprint density at radius 1 is 0.636 bits per heavy atom. The Bertz CT molecular complexity index is 4780. The van der Waals surface area contributed by atoms with E-state index in [9.17, 15) is 60.3 Å². The molecule has 4 aliphatic carbocycles. The second-order valence-corrected chi connectivity index (χ2v) is 31.7. The van der Waals surface area contributed by atoms with Gasteiger partial charge >= 0.3 is 6.03 Å². The Labute approximate surface area is 681 Å². The van der Waals surface area contributed by atoms with Crippen LogP contribution in [0.2, 0.25) is 5.02 Å². The second kappa shape index (κ2) is 36.5. The molecule has 16 rings (SSSR count). The lowest BCUT2D eigenvalue weighted by atomic mass is 9.54. The number of carbonyl (C=O) groups excluding carboxylic acids is 9. The largest absolute Gasteiger partial charge is 0.508 e. The normalized spacial score (nSPS) is 27.4. The highest BCUT2D eigenvalue weighted by molar-refractivity contribution is 6.32. The first-order valence-electron chi connectivity index (χ1n) is 38.9. The molecule has 118 heavy (non-hydrogen) atoms. The van der Waals surface area contributed by atoms with Gasteiger partial charge in [-0.25, -0.2) is 4.79 Å². The zero-order valence-corrected chi connectivity index (χ0v) is 65.6. The third-order valence-electron chi connectivity index (χ3n) is 22.6. The number of halogens is 1. The monoisotopic (exact) mass is 1650 g/mol. The zero-order valence-electron chi connectivity index (χ0n) is 64.9. The number of aliphatic hydroxyl groups is 6. The summed E-state index contributed by atoms with van der Waals surface area (Å²) < 4.78 is 36.5. The van der Waals surface area contributed by atoms with Crippen LogP contribution in [0, 0.1) is 36.5 Å². The molecule has 14 atom stereocenters. The zero-order chi connectivity index (χ0) is 84.2. The summed E-state index contributed by atoms with van der Waals surface area (Å²) in [6.45, 7) is 6.03. The Balaban J connectivity index is 0.967. The van der Waals surface area contributed by atoms with Gasteiger partial charge < -0.3 is 128 Å². The van der Waals surface area contributed by atoms with Crippen molar-refractivity contribution in [3.8, 4) is 62.9 Å². The number of aliphatic hydroxyl groups excluding tert-OH is 6. The van der Waals surface area contributed by atoms with Gasteiger partial charge in [-0.2, -0.15) is 0 Å². The van der Waals surface area contributed by atoms with Crippen LogP contribution in [-0.4, -0.2) is 207 Å². The van der Waals surface area contributed by atoms with Gasteiger partial charge in [0.1, 0.15) is 114 Å². The fraction of sp³-hybridized carbons (Fsp3) is 0.451. The van der Waals surface area contributed by atoms with Crippen LogP contribution < -0.4 is 77.4 Å². The van der Waals surface area contributed by atoms with Crippen molar-refractivity contribution in [3.63, 3.8) is 0 Å². The lowest BCUT2D eigenvalue weighted by molar-refractivity contribution is -0.277. The minimum Gasteiger partial charge on any atom is -0.508 e. The SMILES string of the molecule is CN[C@H](CC(C)C)C(=O)N[C@H]1C(=O)N[C@@H](CC(=O)NC(=O)Nc2ccc(OCCNCCOC)cc2)C(=O)N[C@H]2C(=O)N[C@H]3C(=O)N[C@H](C(=O)N[C@H](C(=O)NC4C5CC6CC(C5)CC4C6)c4cc(O)cc(O)c4-c4cc3ccc4O)[C@H](O)c3ccc(c(Cl)c3)Oc3cc2cc(c3O[C@@H]2O[C@H](CO)[C@@H](O)[C@H](O)[C@H]2O)Oc2ccc(cc2C)[C@H]1O. The summed E-state index contributed by atoms with van der Waals surface area (Å²) in [4.78, 5) is 138. The summed E-state index contributed by atoms with van der Waals surface area (Å²) in [6, 6.07) is 5.47. The van der Waals surface area contributed by atoms with E-state index in [1.807, 2.05) is 13.8 Å². The number of hydrogen-bond donors (Lipinski definition) is 20. The number of phenols is 3. The van der Waals surface area contributed by atoms with Crippen molar-refractivity contribution in [2.24, 2.45) is 29.6 Å². The highest BCUT2D eigenvalue weighted by Crippen LogP contribution is 2.55. The number of nitrogens with one attached hydrogen (secondary N) is 11. The number of methoxy groups -OCH3 is 1. The van der Waals surface area contributed by atoms with Crippen molar-refractivity contribution >= 4 is 70.6 Å². The summed E-state index contributed by atoms with van der Waals surface area (Å²) in [5.41, 5.74) is -1.71. The van der Waals surface area contributed by atoms with E-state index in [1.54, 1.807) is 19.2 Å². The third-order valence-corrected chi connectivity index (χ3v) is 22.9. The first-order valence-corrected chi connectivity index (χ1v) is 39.3. The number of aryl methyl sites for hydroxylation is 1. The molecule has 4 saturated carbocycles. The van der Waals surface area contributed by atoms with Crippen LogP contribution in [0.1, 0.15) is 123 Å². The molecular formula is C82H96ClN11O24. The Hall–Kier alpha value is -11.0.